The van der Waals surface area contributed by atoms with E-state index in [4.69, 9.17) is 9.15 Å². The Hall–Kier alpha value is -4.53. The Morgan fingerprint density at radius 2 is 2.00 bits per heavy atom. The maximum atomic E-state index is 12.9. The van der Waals surface area contributed by atoms with Crippen LogP contribution in [0, 0.1) is 6.92 Å². The standard InChI is InChI=1S/C26H25N5O4/c1-3-4-5-6-7-8-13-34-19-11-9-18(10-12-19)26(33)27-21-15-17(2)14-20-22(32)16-23(35-24(20)21)25-28-30-31-29-25/h3,7-12,14-16H,1,4-6,13H2,2H3,(H,27,33)(H,28,29,30,31). The fourth-order valence-electron chi connectivity index (χ4n) is 3.48. The second kappa shape index (κ2) is 11.1. The number of fused-ring (bicyclic) bond motifs is 1. The molecule has 2 aromatic carbocycles. The number of H-pyrrole nitrogens is 1. The van der Waals surface area contributed by atoms with Gasteiger partial charge >= 0.3 is 0 Å². The highest BCUT2D eigenvalue weighted by Crippen LogP contribution is 2.27. The van der Waals surface area contributed by atoms with Crippen LogP contribution in [-0.2, 0) is 0 Å². The van der Waals surface area contributed by atoms with E-state index in [2.05, 4.69) is 38.6 Å². The molecule has 4 rings (SSSR count). The number of rotatable bonds is 10. The first-order valence-electron chi connectivity index (χ1n) is 11.2. The van der Waals surface area contributed by atoms with Crippen molar-refractivity contribution in [1.82, 2.24) is 20.6 Å². The minimum atomic E-state index is -0.349. The number of aromatic amines is 1. The molecule has 0 spiro atoms. The number of amides is 1. The molecule has 2 heterocycles. The number of carbonyl (C=O) groups excluding carboxylic acids is 1. The number of ether oxygens (including phenoxy) is 1. The molecule has 0 saturated carbocycles. The number of unbranched alkanes of at least 4 members (excludes halogenated alkanes) is 2. The van der Waals surface area contributed by atoms with Crippen molar-refractivity contribution in [3.8, 4) is 17.3 Å². The summed E-state index contributed by atoms with van der Waals surface area (Å²) < 4.78 is 11.6. The van der Waals surface area contributed by atoms with Gasteiger partial charge in [-0.25, -0.2) is 0 Å². The minimum Gasteiger partial charge on any atom is -0.490 e. The monoisotopic (exact) mass is 471 g/mol. The van der Waals surface area contributed by atoms with Crippen LogP contribution in [-0.4, -0.2) is 33.1 Å². The Kier molecular flexibility index (Phi) is 7.47. The van der Waals surface area contributed by atoms with Crippen LogP contribution >= 0.6 is 0 Å². The first-order valence-corrected chi connectivity index (χ1v) is 11.2. The van der Waals surface area contributed by atoms with Crippen LogP contribution in [0.5, 0.6) is 5.75 Å². The highest BCUT2D eigenvalue weighted by molar-refractivity contribution is 6.08. The topological polar surface area (TPSA) is 123 Å². The molecule has 0 fully saturated rings. The van der Waals surface area contributed by atoms with Gasteiger partial charge in [0.1, 0.15) is 12.4 Å². The molecule has 1 amide bonds. The van der Waals surface area contributed by atoms with E-state index in [-0.39, 0.29) is 28.5 Å². The zero-order valence-electron chi connectivity index (χ0n) is 19.3. The molecule has 0 aliphatic rings. The third-order valence-electron chi connectivity index (χ3n) is 5.20. The molecule has 2 N–H and O–H groups in total. The quantitative estimate of drug-likeness (QED) is 0.251. The van der Waals surface area contributed by atoms with Crippen molar-refractivity contribution in [2.75, 3.05) is 11.9 Å². The molecular weight excluding hydrogens is 446 g/mol. The number of allylic oxidation sites excluding steroid dienone is 2. The average Bonchev–Trinajstić information content (AvgIpc) is 3.39. The molecule has 0 aliphatic heterocycles. The van der Waals surface area contributed by atoms with Crippen LogP contribution in [0.2, 0.25) is 0 Å². The van der Waals surface area contributed by atoms with Crippen molar-refractivity contribution in [3.63, 3.8) is 0 Å². The van der Waals surface area contributed by atoms with Crippen LogP contribution < -0.4 is 15.5 Å². The molecule has 0 unspecified atom stereocenters. The number of hydrogen-bond donors (Lipinski definition) is 2. The van der Waals surface area contributed by atoms with Gasteiger partial charge in [-0.05, 0) is 73.4 Å². The SMILES string of the molecule is C=CCCCC=CCOc1ccc(C(=O)Nc2cc(C)cc3c(=O)cc(-c4nn[nH]n4)oc23)cc1. The van der Waals surface area contributed by atoms with E-state index in [1.807, 2.05) is 19.1 Å². The molecule has 0 atom stereocenters. The average molecular weight is 472 g/mol. The van der Waals surface area contributed by atoms with E-state index < -0.39 is 0 Å². The lowest BCUT2D eigenvalue weighted by Crippen LogP contribution is -2.13. The van der Waals surface area contributed by atoms with Crippen molar-refractivity contribution in [2.24, 2.45) is 0 Å². The molecule has 4 aromatic rings. The normalized spacial score (nSPS) is 11.1. The molecule has 9 heteroatoms. The van der Waals surface area contributed by atoms with Crippen molar-refractivity contribution in [2.45, 2.75) is 26.2 Å². The Balaban J connectivity index is 1.48. The summed E-state index contributed by atoms with van der Waals surface area (Å²) in [6.07, 6.45) is 9.02. The van der Waals surface area contributed by atoms with Gasteiger partial charge < -0.3 is 14.5 Å². The summed E-state index contributed by atoms with van der Waals surface area (Å²) in [6, 6.07) is 11.6. The third kappa shape index (κ3) is 5.89. The zero-order chi connectivity index (χ0) is 24.6. The summed E-state index contributed by atoms with van der Waals surface area (Å²) in [5, 5.41) is 16.7. The van der Waals surface area contributed by atoms with Gasteiger partial charge in [0.25, 0.3) is 5.91 Å². The lowest BCUT2D eigenvalue weighted by Gasteiger charge is -2.10. The predicted molar refractivity (Wildman–Crippen MR) is 133 cm³/mol. The Morgan fingerprint density at radius 1 is 1.17 bits per heavy atom. The second-order valence-electron chi connectivity index (χ2n) is 7.88. The van der Waals surface area contributed by atoms with Crippen molar-refractivity contribution in [3.05, 3.63) is 88.6 Å². The number of hydrogen-bond acceptors (Lipinski definition) is 7. The number of aryl methyl sites for hydroxylation is 1. The highest BCUT2D eigenvalue weighted by Gasteiger charge is 2.16. The summed E-state index contributed by atoms with van der Waals surface area (Å²) in [7, 11) is 0. The van der Waals surface area contributed by atoms with E-state index >= 15 is 0 Å². The number of nitrogens with zero attached hydrogens (tertiary/aromatic N) is 3. The maximum Gasteiger partial charge on any atom is 0.255 e. The third-order valence-corrected chi connectivity index (χ3v) is 5.20. The van der Waals surface area contributed by atoms with Crippen LogP contribution in [0.4, 0.5) is 5.69 Å². The summed E-state index contributed by atoms with van der Waals surface area (Å²) in [6.45, 7) is 6.00. The molecule has 178 valence electrons. The minimum absolute atomic E-state index is 0.143. The van der Waals surface area contributed by atoms with Gasteiger partial charge in [0.2, 0.25) is 5.82 Å². The summed E-state index contributed by atoms with van der Waals surface area (Å²) in [5.41, 5.74) is 1.56. The molecule has 2 aromatic heterocycles. The summed E-state index contributed by atoms with van der Waals surface area (Å²) in [4.78, 5) is 25.6. The molecule has 0 bridgehead atoms. The van der Waals surface area contributed by atoms with Gasteiger partial charge in [-0.15, -0.1) is 16.8 Å². The molecular formula is C26H25N5O4. The number of benzene rings is 2. The van der Waals surface area contributed by atoms with Gasteiger partial charge in [-0.2, -0.15) is 5.21 Å². The molecule has 9 nitrogen and oxygen atoms in total. The van der Waals surface area contributed by atoms with Crippen molar-refractivity contribution in [1.29, 1.82) is 0 Å². The number of carbonyl (C=O) groups is 1. The summed E-state index contributed by atoms with van der Waals surface area (Å²) >= 11 is 0. The van der Waals surface area contributed by atoms with Crippen LogP contribution in [0.15, 0.2) is 76.5 Å². The zero-order valence-corrected chi connectivity index (χ0v) is 19.3. The smallest absolute Gasteiger partial charge is 0.255 e. The number of aromatic nitrogens is 4. The molecule has 0 radical (unpaired) electrons. The van der Waals surface area contributed by atoms with E-state index in [9.17, 15) is 9.59 Å². The van der Waals surface area contributed by atoms with Crippen molar-refractivity contribution < 1.29 is 13.9 Å². The fraction of sp³-hybridized carbons (Fsp3) is 0.192. The summed E-state index contributed by atoms with van der Waals surface area (Å²) in [5.74, 6) is 0.600. The van der Waals surface area contributed by atoms with E-state index in [0.717, 1.165) is 24.8 Å². The van der Waals surface area contributed by atoms with Gasteiger partial charge in [0.05, 0.1) is 11.1 Å². The first-order chi connectivity index (χ1) is 17.0. The second-order valence-corrected chi connectivity index (χ2v) is 7.88. The molecule has 0 saturated heterocycles. The Labute approximate surface area is 201 Å². The maximum absolute atomic E-state index is 12.9. The van der Waals surface area contributed by atoms with Gasteiger partial charge in [0.15, 0.2) is 16.8 Å². The van der Waals surface area contributed by atoms with Gasteiger partial charge in [-0.1, -0.05) is 18.2 Å². The first kappa shape index (κ1) is 23.6. The lowest BCUT2D eigenvalue weighted by molar-refractivity contribution is 0.102. The Morgan fingerprint density at radius 3 is 2.74 bits per heavy atom. The number of nitrogens with one attached hydrogen (secondary N) is 2. The Bertz CT molecular complexity index is 1410. The van der Waals surface area contributed by atoms with Crippen molar-refractivity contribution >= 4 is 22.6 Å². The van der Waals surface area contributed by atoms with E-state index in [1.54, 1.807) is 36.4 Å². The fourth-order valence-corrected chi connectivity index (χ4v) is 3.48. The largest absolute Gasteiger partial charge is 0.490 e. The van der Waals surface area contributed by atoms with Crippen LogP contribution in [0.1, 0.15) is 35.2 Å². The molecule has 0 aliphatic carbocycles. The lowest BCUT2D eigenvalue weighted by atomic mass is 10.1. The van der Waals surface area contributed by atoms with Crippen LogP contribution in [0.25, 0.3) is 22.6 Å². The van der Waals surface area contributed by atoms with Gasteiger partial charge in [0, 0.05) is 11.6 Å². The van der Waals surface area contributed by atoms with E-state index in [1.165, 1.54) is 6.07 Å². The molecule has 35 heavy (non-hydrogen) atoms. The number of anilines is 1. The van der Waals surface area contributed by atoms with E-state index in [0.29, 0.717) is 29.0 Å². The van der Waals surface area contributed by atoms with Gasteiger partial charge in [-0.3, -0.25) is 9.59 Å². The van der Waals surface area contributed by atoms with Crippen LogP contribution in [0.3, 0.4) is 0 Å². The predicted octanol–water partition coefficient (Wildman–Crippen LogP) is 4.83. The highest BCUT2D eigenvalue weighted by atomic mass is 16.5. The number of tetrazole rings is 1.